The van der Waals surface area contributed by atoms with Gasteiger partial charge in [0, 0.05) is 13.1 Å². The summed E-state index contributed by atoms with van der Waals surface area (Å²) in [7, 11) is 1.84. The number of carbonyl (C=O) groups excluding carboxylic acids is 1. The topological polar surface area (TPSA) is 29.5 Å². The number of hydrogen-bond acceptors (Lipinski definition) is 3. The van der Waals surface area contributed by atoms with E-state index in [-0.39, 0.29) is 12.1 Å². The number of nitrogens with zero attached hydrogens (tertiary/aromatic N) is 1. The van der Waals surface area contributed by atoms with Crippen LogP contribution < -0.4 is 0 Å². The van der Waals surface area contributed by atoms with Crippen molar-refractivity contribution >= 4 is 6.29 Å². The third-order valence-electron chi connectivity index (χ3n) is 2.80. The van der Waals surface area contributed by atoms with Gasteiger partial charge in [0.2, 0.25) is 0 Å². The first-order chi connectivity index (χ1) is 5.02. The molecule has 0 aromatic carbocycles. The van der Waals surface area contributed by atoms with Gasteiger partial charge in [-0.1, -0.05) is 12.3 Å². The summed E-state index contributed by atoms with van der Waals surface area (Å²) in [5, 5.41) is 1.72. The maximum Gasteiger partial charge on any atom is 0.0595 e. The van der Waals surface area contributed by atoms with Crippen molar-refractivity contribution in [3.63, 3.8) is 0 Å². The average Bonchev–Trinajstić information content (AvgIpc) is 2.16. The van der Waals surface area contributed by atoms with E-state index in [1.165, 1.54) is 0 Å². The fraction of sp³-hybridized carbons (Fsp3) is 0.875. The molecule has 0 spiro atoms. The highest BCUT2D eigenvalue weighted by Gasteiger charge is 2.39. The molecule has 3 nitrogen and oxygen atoms in total. The summed E-state index contributed by atoms with van der Waals surface area (Å²) in [6.07, 6.45) is 1.98. The molecule has 0 N–H and O–H groups in total. The van der Waals surface area contributed by atoms with E-state index in [0.717, 1.165) is 0 Å². The van der Waals surface area contributed by atoms with Crippen molar-refractivity contribution in [2.24, 2.45) is 5.41 Å². The van der Waals surface area contributed by atoms with Gasteiger partial charge in [0.15, 0.2) is 0 Å². The molecule has 0 unspecified atom stereocenters. The molecule has 1 aliphatic heterocycles. The van der Waals surface area contributed by atoms with Crippen molar-refractivity contribution < 1.29 is 9.63 Å². The minimum Gasteiger partial charge on any atom is -0.541 e. The van der Waals surface area contributed by atoms with Gasteiger partial charge in [-0.25, -0.2) is 0 Å². The quantitative estimate of drug-likeness (QED) is 0.525. The zero-order valence-corrected chi connectivity index (χ0v) is 7.42. The van der Waals surface area contributed by atoms with Gasteiger partial charge in [0.05, 0.1) is 6.10 Å². The molecule has 1 aliphatic rings. The van der Waals surface area contributed by atoms with Gasteiger partial charge in [-0.15, -0.1) is 0 Å². The van der Waals surface area contributed by atoms with Crippen LogP contribution in [0.15, 0.2) is 0 Å². The minimum absolute atomic E-state index is 0.0694. The van der Waals surface area contributed by atoms with Crippen LogP contribution in [0.5, 0.6) is 0 Å². The Morgan fingerprint density at radius 2 is 2.09 bits per heavy atom. The predicted octanol–water partition coefficient (Wildman–Crippen LogP) is 0.756. The predicted molar refractivity (Wildman–Crippen MR) is 41.6 cm³/mol. The van der Waals surface area contributed by atoms with Gasteiger partial charge in [-0.3, -0.25) is 11.1 Å². The van der Waals surface area contributed by atoms with Crippen LogP contribution in [0.3, 0.4) is 0 Å². The molecule has 0 radical (unpaired) electrons. The lowest BCUT2D eigenvalue weighted by atomic mass is 9.81. The summed E-state index contributed by atoms with van der Waals surface area (Å²) >= 11 is 0. The van der Waals surface area contributed by atoms with Crippen LogP contribution in [0.2, 0.25) is 0 Å². The molecule has 0 aromatic rings. The third-order valence-corrected chi connectivity index (χ3v) is 2.80. The largest absolute Gasteiger partial charge is 0.541 e. The molecule has 1 fully saturated rings. The lowest BCUT2D eigenvalue weighted by molar-refractivity contribution is -0.136. The fourth-order valence-electron chi connectivity index (χ4n) is 1.34. The van der Waals surface area contributed by atoms with Crippen LogP contribution in [0, 0.1) is 5.41 Å². The number of rotatable bonds is 1. The third kappa shape index (κ3) is 1.08. The molecule has 0 aromatic heterocycles. The smallest absolute Gasteiger partial charge is 0.0595 e. The second kappa shape index (κ2) is 2.57. The van der Waals surface area contributed by atoms with Gasteiger partial charge < -0.3 is 4.79 Å². The van der Waals surface area contributed by atoms with Crippen molar-refractivity contribution in [1.29, 1.82) is 0 Å². The molecular formula is C8H14NO2-. The van der Waals surface area contributed by atoms with Crippen molar-refractivity contribution in [3.8, 4) is 0 Å². The molecular weight excluding hydrogens is 142 g/mol. The number of hydrogen-bond donors (Lipinski definition) is 0. The fourth-order valence-corrected chi connectivity index (χ4v) is 1.34. The Bertz CT molecular complexity index is 171. The average molecular weight is 156 g/mol. The Hall–Kier alpha value is -0.410. The molecule has 0 saturated carbocycles. The Morgan fingerprint density at radius 1 is 1.55 bits per heavy atom. The second-order valence-corrected chi connectivity index (χ2v) is 3.35. The van der Waals surface area contributed by atoms with Crippen LogP contribution in [-0.2, 0) is 9.63 Å². The Kier molecular flexibility index (Phi) is 2.03. The molecule has 1 saturated heterocycles. The minimum atomic E-state index is -0.477. The SMILES string of the molecule is C[C@@H]1ON(C)[C@H](C)[C@@]1(C)[C-]=O. The molecule has 1 heterocycles. The summed E-state index contributed by atoms with van der Waals surface area (Å²) in [5.41, 5.74) is -0.477. The van der Waals surface area contributed by atoms with Crippen molar-refractivity contribution in [2.75, 3.05) is 7.05 Å². The molecule has 64 valence electrons. The van der Waals surface area contributed by atoms with E-state index in [9.17, 15) is 4.79 Å². The molecule has 0 bridgehead atoms. The van der Waals surface area contributed by atoms with E-state index in [1.54, 1.807) is 5.06 Å². The summed E-state index contributed by atoms with van der Waals surface area (Å²) in [4.78, 5) is 16.0. The lowest BCUT2D eigenvalue weighted by Gasteiger charge is -2.34. The second-order valence-electron chi connectivity index (χ2n) is 3.35. The van der Waals surface area contributed by atoms with Crippen LogP contribution in [-0.4, -0.2) is 30.5 Å². The van der Waals surface area contributed by atoms with Gasteiger partial charge in [0.1, 0.15) is 0 Å². The van der Waals surface area contributed by atoms with Crippen molar-refractivity contribution in [2.45, 2.75) is 32.9 Å². The summed E-state index contributed by atoms with van der Waals surface area (Å²) < 4.78 is 0. The molecule has 3 heteroatoms. The van der Waals surface area contributed by atoms with E-state index >= 15 is 0 Å². The first-order valence-electron chi connectivity index (χ1n) is 3.81. The van der Waals surface area contributed by atoms with E-state index in [4.69, 9.17) is 4.84 Å². The van der Waals surface area contributed by atoms with Gasteiger partial charge in [0.25, 0.3) is 0 Å². The standard InChI is InChI=1S/C8H14NO2/c1-6-8(3,5-10)7(2)11-9(6)4/h6-7H,1-4H3/q-1/t6-,7+,8-/m1/s1. The first kappa shape index (κ1) is 8.68. The highest BCUT2D eigenvalue weighted by atomic mass is 16.7. The summed E-state index contributed by atoms with van der Waals surface area (Å²) in [5.74, 6) is 0. The highest BCUT2D eigenvalue weighted by Crippen LogP contribution is 2.35. The van der Waals surface area contributed by atoms with Gasteiger partial charge in [-0.2, -0.15) is 5.06 Å². The molecule has 3 atom stereocenters. The van der Waals surface area contributed by atoms with Crippen LogP contribution in [0.25, 0.3) is 0 Å². The lowest BCUT2D eigenvalue weighted by Crippen LogP contribution is -2.37. The van der Waals surface area contributed by atoms with Crippen LogP contribution in [0.1, 0.15) is 20.8 Å². The van der Waals surface area contributed by atoms with Crippen LogP contribution in [0.4, 0.5) is 0 Å². The first-order valence-corrected chi connectivity index (χ1v) is 3.81. The van der Waals surface area contributed by atoms with Gasteiger partial charge in [-0.05, 0) is 13.8 Å². The monoisotopic (exact) mass is 156 g/mol. The maximum atomic E-state index is 10.7. The van der Waals surface area contributed by atoms with Crippen molar-refractivity contribution in [3.05, 3.63) is 0 Å². The zero-order valence-electron chi connectivity index (χ0n) is 7.42. The van der Waals surface area contributed by atoms with E-state index in [1.807, 2.05) is 27.8 Å². The Labute approximate surface area is 67.3 Å². The normalized spacial score (nSPS) is 46.2. The summed E-state index contributed by atoms with van der Waals surface area (Å²) in [6.45, 7) is 5.73. The van der Waals surface area contributed by atoms with Gasteiger partial charge >= 0.3 is 0 Å². The zero-order chi connectivity index (χ0) is 8.65. The Balaban J connectivity index is 2.86. The molecule has 0 amide bonds. The van der Waals surface area contributed by atoms with Crippen LogP contribution >= 0.6 is 0 Å². The summed E-state index contributed by atoms with van der Waals surface area (Å²) in [6, 6.07) is 0.106. The molecule has 0 aliphatic carbocycles. The highest BCUT2D eigenvalue weighted by molar-refractivity contribution is 5.62. The maximum absolute atomic E-state index is 10.7. The Morgan fingerprint density at radius 3 is 2.27 bits per heavy atom. The van der Waals surface area contributed by atoms with E-state index < -0.39 is 5.41 Å². The molecule has 11 heavy (non-hydrogen) atoms. The molecule has 1 rings (SSSR count). The van der Waals surface area contributed by atoms with Crippen molar-refractivity contribution in [1.82, 2.24) is 5.06 Å². The van der Waals surface area contributed by atoms with E-state index in [2.05, 4.69) is 6.29 Å². The number of hydroxylamine groups is 2. The van der Waals surface area contributed by atoms with E-state index in [0.29, 0.717) is 0 Å².